The number of nitrogen functional groups attached to an aromatic ring is 1. The summed E-state index contributed by atoms with van der Waals surface area (Å²) in [7, 11) is -3.86. The average Bonchev–Trinajstić information content (AvgIpc) is 2.38. The molecule has 78 valence electrons. The summed E-state index contributed by atoms with van der Waals surface area (Å²) in [5.74, 6) is -1.39. The molecule has 0 radical (unpaired) electrons. The molecule has 1 aromatic carbocycles. The zero-order chi connectivity index (χ0) is 11.2. The first-order valence-electron chi connectivity index (χ1n) is 3.90. The van der Waals surface area contributed by atoms with Crippen LogP contribution in [-0.4, -0.2) is 25.2 Å². The van der Waals surface area contributed by atoms with Crippen molar-refractivity contribution in [2.24, 2.45) is 4.40 Å². The number of nitrogens with zero attached hydrogens (tertiary/aromatic N) is 1. The standard InChI is InChI=1S/C8H6N2O4S/c9-4-1-2-6-5(3-4)7(8(11)12)10-15(6,13)14/h1-3H,9H2,(H,11,12). The van der Waals surface area contributed by atoms with Crippen molar-refractivity contribution in [3.05, 3.63) is 23.8 Å². The number of fused-ring (bicyclic) bond motifs is 1. The van der Waals surface area contributed by atoms with Gasteiger partial charge in [0.25, 0.3) is 10.0 Å². The van der Waals surface area contributed by atoms with E-state index >= 15 is 0 Å². The molecule has 1 aromatic rings. The Morgan fingerprint density at radius 3 is 2.67 bits per heavy atom. The first-order chi connectivity index (χ1) is 6.92. The molecule has 1 aliphatic heterocycles. The minimum atomic E-state index is -3.86. The van der Waals surface area contributed by atoms with E-state index in [9.17, 15) is 13.2 Å². The fourth-order valence-corrected chi connectivity index (χ4v) is 2.52. The molecule has 7 heteroatoms. The van der Waals surface area contributed by atoms with E-state index in [1.54, 1.807) is 0 Å². The monoisotopic (exact) mass is 226 g/mol. The summed E-state index contributed by atoms with van der Waals surface area (Å²) >= 11 is 0. The number of aliphatic carboxylic acids is 1. The molecular weight excluding hydrogens is 220 g/mol. The van der Waals surface area contributed by atoms with E-state index in [4.69, 9.17) is 10.8 Å². The van der Waals surface area contributed by atoms with Crippen LogP contribution < -0.4 is 5.73 Å². The van der Waals surface area contributed by atoms with Gasteiger partial charge in [0, 0.05) is 11.3 Å². The van der Waals surface area contributed by atoms with Crippen molar-refractivity contribution in [2.75, 3.05) is 5.73 Å². The van der Waals surface area contributed by atoms with E-state index in [0.717, 1.165) is 0 Å². The smallest absolute Gasteiger partial charge is 0.356 e. The van der Waals surface area contributed by atoms with Gasteiger partial charge in [-0.05, 0) is 18.2 Å². The van der Waals surface area contributed by atoms with Crippen LogP contribution in [0.25, 0.3) is 0 Å². The number of carbonyl (C=O) groups is 1. The van der Waals surface area contributed by atoms with E-state index in [1.807, 2.05) is 0 Å². The minimum Gasteiger partial charge on any atom is -0.476 e. The van der Waals surface area contributed by atoms with Crippen LogP contribution >= 0.6 is 0 Å². The topological polar surface area (TPSA) is 110 Å². The number of benzene rings is 1. The van der Waals surface area contributed by atoms with Crippen molar-refractivity contribution < 1.29 is 18.3 Å². The first kappa shape index (κ1) is 9.66. The maximum atomic E-state index is 11.4. The molecule has 0 spiro atoms. The van der Waals surface area contributed by atoms with Gasteiger partial charge in [0.15, 0.2) is 5.71 Å². The third-order valence-electron chi connectivity index (χ3n) is 1.95. The zero-order valence-corrected chi connectivity index (χ0v) is 8.15. The largest absolute Gasteiger partial charge is 0.476 e. The van der Waals surface area contributed by atoms with Crippen molar-refractivity contribution >= 4 is 27.4 Å². The number of rotatable bonds is 1. The number of carboxylic acids is 1. The van der Waals surface area contributed by atoms with Crippen LogP contribution in [0.1, 0.15) is 5.56 Å². The normalized spacial score (nSPS) is 16.9. The molecule has 0 amide bonds. The lowest BCUT2D eigenvalue weighted by Gasteiger charge is -1.98. The Labute approximate surface area is 85.1 Å². The lowest BCUT2D eigenvalue weighted by atomic mass is 10.1. The van der Waals surface area contributed by atoms with Gasteiger partial charge in [-0.15, -0.1) is 0 Å². The fourth-order valence-electron chi connectivity index (χ4n) is 1.33. The molecule has 6 nitrogen and oxygen atoms in total. The second kappa shape index (κ2) is 2.80. The number of sulfonamides is 1. The van der Waals surface area contributed by atoms with Crippen LogP contribution in [-0.2, 0) is 14.8 Å². The molecule has 0 bridgehead atoms. The lowest BCUT2D eigenvalue weighted by Crippen LogP contribution is -2.12. The van der Waals surface area contributed by atoms with Crippen molar-refractivity contribution in [3.63, 3.8) is 0 Å². The van der Waals surface area contributed by atoms with E-state index in [-0.39, 0.29) is 10.5 Å². The summed E-state index contributed by atoms with van der Waals surface area (Å²) in [4.78, 5) is 10.6. The maximum Gasteiger partial charge on any atom is 0.356 e. The molecule has 0 saturated heterocycles. The van der Waals surface area contributed by atoms with Gasteiger partial charge in [-0.25, -0.2) is 4.79 Å². The molecule has 0 unspecified atom stereocenters. The highest BCUT2D eigenvalue weighted by molar-refractivity contribution is 7.90. The zero-order valence-electron chi connectivity index (χ0n) is 7.34. The van der Waals surface area contributed by atoms with Crippen molar-refractivity contribution in [1.82, 2.24) is 0 Å². The summed E-state index contributed by atoms with van der Waals surface area (Å²) in [5, 5.41) is 8.75. The molecule has 1 aliphatic rings. The van der Waals surface area contributed by atoms with Crippen LogP contribution in [0.4, 0.5) is 5.69 Å². The van der Waals surface area contributed by atoms with E-state index in [2.05, 4.69) is 4.40 Å². The van der Waals surface area contributed by atoms with Gasteiger partial charge in [-0.1, -0.05) is 0 Å². The fraction of sp³-hybridized carbons (Fsp3) is 0. The van der Waals surface area contributed by atoms with Gasteiger partial charge in [0.05, 0.1) is 4.90 Å². The second-order valence-electron chi connectivity index (χ2n) is 2.98. The van der Waals surface area contributed by atoms with Crippen LogP contribution in [0.5, 0.6) is 0 Å². The predicted octanol–water partition coefficient (Wildman–Crippen LogP) is -0.155. The Morgan fingerprint density at radius 1 is 1.40 bits per heavy atom. The summed E-state index contributed by atoms with van der Waals surface area (Å²) in [5.41, 5.74) is 5.29. The second-order valence-corrected chi connectivity index (χ2v) is 4.55. The van der Waals surface area contributed by atoms with E-state index in [1.165, 1.54) is 18.2 Å². The Bertz CT molecular complexity index is 589. The molecule has 0 fully saturated rings. The Morgan fingerprint density at radius 2 is 2.07 bits per heavy atom. The van der Waals surface area contributed by atoms with Crippen molar-refractivity contribution in [2.45, 2.75) is 4.90 Å². The van der Waals surface area contributed by atoms with Crippen LogP contribution in [0.3, 0.4) is 0 Å². The van der Waals surface area contributed by atoms with Crippen molar-refractivity contribution in [1.29, 1.82) is 0 Å². The molecule has 0 atom stereocenters. The molecular formula is C8H6N2O4S. The lowest BCUT2D eigenvalue weighted by molar-refractivity contribution is -0.129. The number of anilines is 1. The highest BCUT2D eigenvalue weighted by Crippen LogP contribution is 2.27. The summed E-state index contributed by atoms with van der Waals surface area (Å²) in [6.07, 6.45) is 0. The van der Waals surface area contributed by atoms with Gasteiger partial charge < -0.3 is 10.8 Å². The van der Waals surface area contributed by atoms with Crippen LogP contribution in [0.2, 0.25) is 0 Å². The van der Waals surface area contributed by atoms with Crippen LogP contribution in [0.15, 0.2) is 27.5 Å². The van der Waals surface area contributed by atoms with Crippen LogP contribution in [0, 0.1) is 0 Å². The van der Waals surface area contributed by atoms with Gasteiger partial charge in [0.1, 0.15) is 0 Å². The SMILES string of the molecule is Nc1ccc2c(c1)C(C(=O)O)=NS2(=O)=O. The molecule has 0 aliphatic carbocycles. The van der Waals surface area contributed by atoms with Gasteiger partial charge in [-0.3, -0.25) is 0 Å². The summed E-state index contributed by atoms with van der Waals surface area (Å²) < 4.78 is 25.9. The summed E-state index contributed by atoms with van der Waals surface area (Å²) in [6.45, 7) is 0. The Kier molecular flexibility index (Phi) is 1.80. The molecule has 1 heterocycles. The Balaban J connectivity index is 2.80. The quantitative estimate of drug-likeness (QED) is 0.647. The molecule has 2 rings (SSSR count). The van der Waals surface area contributed by atoms with Gasteiger partial charge in [0.2, 0.25) is 0 Å². The Hall–Kier alpha value is -1.89. The number of hydrogen-bond donors (Lipinski definition) is 2. The molecule has 0 saturated carbocycles. The van der Waals surface area contributed by atoms with Gasteiger partial charge >= 0.3 is 5.97 Å². The summed E-state index contributed by atoms with van der Waals surface area (Å²) in [6, 6.07) is 3.92. The van der Waals surface area contributed by atoms with E-state index < -0.39 is 21.7 Å². The molecule has 15 heavy (non-hydrogen) atoms. The minimum absolute atomic E-state index is 0.0440. The highest BCUT2D eigenvalue weighted by atomic mass is 32.2. The van der Waals surface area contributed by atoms with Gasteiger partial charge in [-0.2, -0.15) is 12.8 Å². The first-order valence-corrected chi connectivity index (χ1v) is 5.34. The predicted molar refractivity (Wildman–Crippen MR) is 52.2 cm³/mol. The highest BCUT2D eigenvalue weighted by Gasteiger charge is 2.32. The van der Waals surface area contributed by atoms with E-state index in [0.29, 0.717) is 5.69 Å². The number of nitrogens with two attached hydrogens (primary N) is 1. The third-order valence-corrected chi connectivity index (χ3v) is 3.29. The average molecular weight is 226 g/mol. The third kappa shape index (κ3) is 1.37. The molecule has 0 aromatic heterocycles. The molecule has 3 N–H and O–H groups in total. The number of hydrogen-bond acceptors (Lipinski definition) is 4. The number of carboxylic acid groups (broad SMARTS) is 1. The maximum absolute atomic E-state index is 11.4. The van der Waals surface area contributed by atoms with Crippen molar-refractivity contribution in [3.8, 4) is 0 Å².